The molecule has 0 amide bonds. The molecule has 0 saturated heterocycles. The molecule has 0 saturated carbocycles. The number of imidazole rings is 1. The number of aryl methyl sites for hydroxylation is 1. The van der Waals surface area contributed by atoms with Crippen molar-refractivity contribution < 1.29 is 26.3 Å². The van der Waals surface area contributed by atoms with E-state index >= 15 is 0 Å². The first-order chi connectivity index (χ1) is 14.5. The Morgan fingerprint density at radius 1 is 1.06 bits per heavy atom. The summed E-state index contributed by atoms with van der Waals surface area (Å²) in [5.74, 6) is 0.920. The number of nitrogens with zero attached hydrogens (tertiary/aromatic N) is 6. The van der Waals surface area contributed by atoms with Gasteiger partial charge < -0.3 is 4.57 Å². The fraction of sp³-hybridized carbons (Fsp3) is 0.294. The Bertz CT molecular complexity index is 1250. The normalized spacial score (nSPS) is 12.8. The van der Waals surface area contributed by atoms with Crippen LogP contribution in [0.3, 0.4) is 0 Å². The van der Waals surface area contributed by atoms with Crippen LogP contribution in [0.15, 0.2) is 28.7 Å². The average Bonchev–Trinajstić information content (AvgIpc) is 3.38. The van der Waals surface area contributed by atoms with Crippen LogP contribution in [-0.2, 0) is 19.4 Å². The number of rotatable bonds is 4. The van der Waals surface area contributed by atoms with E-state index < -0.39 is 23.7 Å². The lowest BCUT2D eigenvalue weighted by molar-refractivity contribution is -0.142. The lowest BCUT2D eigenvalue weighted by Crippen LogP contribution is -2.07. The van der Waals surface area contributed by atoms with Crippen molar-refractivity contribution in [2.24, 2.45) is 7.05 Å². The summed E-state index contributed by atoms with van der Waals surface area (Å²) in [6.07, 6.45) is -6.97. The molecule has 4 heterocycles. The molecule has 0 fully saturated rings. The van der Waals surface area contributed by atoms with Crippen LogP contribution in [0.1, 0.15) is 18.3 Å². The van der Waals surface area contributed by atoms with Crippen LogP contribution in [0.5, 0.6) is 0 Å². The van der Waals surface area contributed by atoms with Crippen molar-refractivity contribution in [3.8, 4) is 16.6 Å². The number of thiazole rings is 1. The Morgan fingerprint density at radius 2 is 1.77 bits per heavy atom. The van der Waals surface area contributed by atoms with Gasteiger partial charge in [-0.2, -0.15) is 31.4 Å². The van der Waals surface area contributed by atoms with E-state index in [1.54, 1.807) is 11.6 Å². The molecule has 0 N–H and O–H groups in total. The SMILES string of the molecule is CCSc1sc(-n2ccc(C(F)(F)F)n2)nc1-c1nc2cc(C(F)(F)F)ncc2n1C. The molecule has 0 unspecified atom stereocenters. The molecule has 0 aliphatic heterocycles. The summed E-state index contributed by atoms with van der Waals surface area (Å²) in [6, 6.07) is 1.69. The molecule has 0 spiro atoms. The van der Waals surface area contributed by atoms with Crippen molar-refractivity contribution in [3.05, 3.63) is 35.9 Å². The quantitative estimate of drug-likeness (QED) is 0.289. The van der Waals surface area contributed by atoms with Gasteiger partial charge in [-0.25, -0.2) is 19.6 Å². The van der Waals surface area contributed by atoms with Gasteiger partial charge in [0.15, 0.2) is 11.5 Å². The number of halogens is 6. The third kappa shape index (κ3) is 4.01. The van der Waals surface area contributed by atoms with Crippen molar-refractivity contribution in [1.29, 1.82) is 0 Å². The van der Waals surface area contributed by atoms with Crippen LogP contribution < -0.4 is 0 Å². The molecular weight excluding hydrogens is 466 g/mol. The minimum absolute atomic E-state index is 0.0836. The van der Waals surface area contributed by atoms with Crippen molar-refractivity contribution in [1.82, 2.24) is 29.3 Å². The summed E-state index contributed by atoms with van der Waals surface area (Å²) in [7, 11) is 1.61. The van der Waals surface area contributed by atoms with E-state index in [1.165, 1.54) is 11.8 Å². The van der Waals surface area contributed by atoms with Gasteiger partial charge in [-0.05, 0) is 17.9 Å². The Hall–Kier alpha value is -2.61. The maximum Gasteiger partial charge on any atom is 0.435 e. The van der Waals surface area contributed by atoms with Gasteiger partial charge in [0.25, 0.3) is 0 Å². The highest BCUT2D eigenvalue weighted by molar-refractivity contribution is 8.01. The maximum absolute atomic E-state index is 13.0. The molecular formula is C17H12F6N6S2. The van der Waals surface area contributed by atoms with Crippen LogP contribution in [-0.4, -0.2) is 35.1 Å². The minimum atomic E-state index is -4.61. The number of hydrogen-bond acceptors (Lipinski definition) is 6. The number of hydrogen-bond donors (Lipinski definition) is 0. The third-order valence-corrected chi connectivity index (χ3v) is 6.39. The largest absolute Gasteiger partial charge is 0.435 e. The van der Waals surface area contributed by atoms with Gasteiger partial charge in [0.05, 0.1) is 21.4 Å². The number of aromatic nitrogens is 6. The summed E-state index contributed by atoms with van der Waals surface area (Å²) in [5.41, 5.74) is -1.32. The van der Waals surface area contributed by atoms with Crippen LogP contribution >= 0.6 is 23.1 Å². The van der Waals surface area contributed by atoms with Crippen LogP contribution in [0.4, 0.5) is 26.3 Å². The topological polar surface area (TPSA) is 61.4 Å². The van der Waals surface area contributed by atoms with Crippen molar-refractivity contribution in [3.63, 3.8) is 0 Å². The average molecular weight is 478 g/mol. The van der Waals surface area contributed by atoms with Gasteiger partial charge in [-0.3, -0.25) is 0 Å². The molecule has 0 bridgehead atoms. The second kappa shape index (κ2) is 7.51. The molecule has 4 rings (SSSR count). The standard InChI is InChI=1S/C17H12F6N6S2/c1-3-30-14-12(26-15(31-14)29-5-4-10(27-29)16(18,19)20)13-25-8-6-11(17(21,22)23)24-7-9(8)28(13)2/h4-7H,3H2,1-2H3. The number of alkyl halides is 6. The number of fused-ring (bicyclic) bond motifs is 1. The zero-order valence-corrected chi connectivity index (χ0v) is 17.4. The van der Waals surface area contributed by atoms with E-state index in [0.717, 1.165) is 40.5 Å². The van der Waals surface area contributed by atoms with E-state index in [4.69, 9.17) is 0 Å². The van der Waals surface area contributed by atoms with Gasteiger partial charge in [-0.15, -0.1) is 11.8 Å². The molecule has 0 aliphatic rings. The molecule has 14 heteroatoms. The highest BCUT2D eigenvalue weighted by Crippen LogP contribution is 2.39. The van der Waals surface area contributed by atoms with E-state index in [9.17, 15) is 26.3 Å². The smallest absolute Gasteiger partial charge is 0.324 e. The lowest BCUT2D eigenvalue weighted by atomic mass is 10.3. The summed E-state index contributed by atoms with van der Waals surface area (Å²) >= 11 is 2.51. The Morgan fingerprint density at radius 3 is 2.39 bits per heavy atom. The Kier molecular flexibility index (Phi) is 5.24. The third-order valence-electron chi connectivity index (χ3n) is 4.21. The van der Waals surface area contributed by atoms with Crippen LogP contribution in [0, 0.1) is 0 Å². The summed E-state index contributed by atoms with van der Waals surface area (Å²) in [5, 5.41) is 3.71. The van der Waals surface area contributed by atoms with Gasteiger partial charge in [0.1, 0.15) is 11.4 Å². The summed E-state index contributed by atoms with van der Waals surface area (Å²) < 4.78 is 80.8. The number of thioether (sulfide) groups is 1. The van der Waals surface area contributed by atoms with E-state index in [-0.39, 0.29) is 16.5 Å². The van der Waals surface area contributed by atoms with E-state index in [1.807, 2.05) is 6.92 Å². The Labute approximate surface area is 178 Å². The first-order valence-electron chi connectivity index (χ1n) is 8.66. The molecule has 4 aromatic rings. The van der Waals surface area contributed by atoms with Gasteiger partial charge in [0, 0.05) is 13.2 Å². The van der Waals surface area contributed by atoms with Crippen molar-refractivity contribution in [2.75, 3.05) is 5.75 Å². The molecule has 31 heavy (non-hydrogen) atoms. The zero-order valence-electron chi connectivity index (χ0n) is 15.8. The van der Waals surface area contributed by atoms with E-state index in [0.29, 0.717) is 21.2 Å². The first-order valence-corrected chi connectivity index (χ1v) is 10.5. The molecule has 0 atom stereocenters. The summed E-state index contributed by atoms with van der Waals surface area (Å²) in [6.45, 7) is 1.89. The summed E-state index contributed by atoms with van der Waals surface area (Å²) in [4.78, 5) is 12.1. The highest BCUT2D eigenvalue weighted by atomic mass is 32.2. The van der Waals surface area contributed by atoms with Gasteiger partial charge >= 0.3 is 12.4 Å². The zero-order chi connectivity index (χ0) is 22.6. The predicted molar refractivity (Wildman–Crippen MR) is 103 cm³/mol. The molecule has 0 radical (unpaired) electrons. The number of pyridine rings is 1. The van der Waals surface area contributed by atoms with Gasteiger partial charge in [0.2, 0.25) is 5.13 Å². The molecule has 164 valence electrons. The van der Waals surface area contributed by atoms with Crippen molar-refractivity contribution >= 4 is 34.1 Å². The first kappa shape index (κ1) is 21.6. The molecule has 6 nitrogen and oxygen atoms in total. The van der Waals surface area contributed by atoms with Crippen LogP contribution in [0.2, 0.25) is 0 Å². The monoisotopic (exact) mass is 478 g/mol. The second-order valence-corrected chi connectivity index (χ2v) is 8.77. The molecule has 0 aliphatic carbocycles. The molecule has 4 aromatic heterocycles. The van der Waals surface area contributed by atoms with Gasteiger partial charge in [-0.1, -0.05) is 18.3 Å². The van der Waals surface area contributed by atoms with E-state index in [2.05, 4.69) is 20.1 Å². The maximum atomic E-state index is 13.0. The fourth-order valence-electron chi connectivity index (χ4n) is 2.80. The Balaban J connectivity index is 1.83. The van der Waals surface area contributed by atoms with Crippen molar-refractivity contribution in [2.45, 2.75) is 23.5 Å². The predicted octanol–water partition coefficient (Wildman–Crippen LogP) is 5.43. The minimum Gasteiger partial charge on any atom is -0.324 e. The highest BCUT2D eigenvalue weighted by Gasteiger charge is 2.35. The second-order valence-electron chi connectivity index (χ2n) is 6.26. The fourth-order valence-corrected chi connectivity index (χ4v) is 4.88. The van der Waals surface area contributed by atoms with Crippen LogP contribution in [0.25, 0.3) is 27.7 Å². The lowest BCUT2D eigenvalue weighted by Gasteiger charge is -2.04. The molecule has 0 aromatic carbocycles.